The third kappa shape index (κ3) is 3.02. The van der Waals surface area contributed by atoms with Crippen LogP contribution in [0.2, 0.25) is 0 Å². The molecule has 1 heterocycles. The van der Waals surface area contributed by atoms with Gasteiger partial charge < -0.3 is 19.1 Å². The van der Waals surface area contributed by atoms with Gasteiger partial charge in [0.25, 0.3) is 5.91 Å². The Morgan fingerprint density at radius 1 is 1.00 bits per heavy atom. The Bertz CT molecular complexity index is 787. The van der Waals surface area contributed by atoms with E-state index in [2.05, 4.69) is 13.0 Å². The summed E-state index contributed by atoms with van der Waals surface area (Å²) >= 11 is 0. The number of para-hydroxylation sites is 1. The van der Waals surface area contributed by atoms with Crippen molar-refractivity contribution in [1.82, 2.24) is 0 Å². The molecule has 0 aromatic heterocycles. The SMILES string of the molecule is COc1cc(OC)c(C(=O)N2c3ccccc3CCC2C)cc1OC. The molecule has 3 rings (SSSR count). The highest BCUT2D eigenvalue weighted by molar-refractivity contribution is 6.09. The standard InChI is InChI=1S/C20H23NO4/c1-13-9-10-14-7-5-6-8-16(14)21(13)20(22)15-11-18(24-3)19(25-4)12-17(15)23-2/h5-8,11-13H,9-10H2,1-4H3. The van der Waals surface area contributed by atoms with Crippen LogP contribution in [0.4, 0.5) is 5.69 Å². The van der Waals surface area contributed by atoms with Gasteiger partial charge in [0, 0.05) is 23.9 Å². The van der Waals surface area contributed by atoms with Gasteiger partial charge in [-0.1, -0.05) is 18.2 Å². The van der Waals surface area contributed by atoms with Crippen LogP contribution in [0.15, 0.2) is 36.4 Å². The number of carbonyl (C=O) groups excluding carboxylic acids is 1. The van der Waals surface area contributed by atoms with E-state index >= 15 is 0 Å². The lowest BCUT2D eigenvalue weighted by atomic mass is 9.95. The summed E-state index contributed by atoms with van der Waals surface area (Å²) in [5.41, 5.74) is 2.61. The Morgan fingerprint density at radius 2 is 1.64 bits per heavy atom. The zero-order valence-corrected chi connectivity index (χ0v) is 15.0. The molecular weight excluding hydrogens is 318 g/mol. The molecule has 1 unspecified atom stereocenters. The molecule has 0 aliphatic carbocycles. The van der Waals surface area contributed by atoms with E-state index in [1.165, 1.54) is 5.56 Å². The molecule has 132 valence electrons. The molecule has 0 saturated heterocycles. The minimum atomic E-state index is -0.0996. The maximum absolute atomic E-state index is 13.4. The molecule has 1 atom stereocenters. The molecule has 2 aromatic rings. The topological polar surface area (TPSA) is 48.0 Å². The highest BCUT2D eigenvalue weighted by atomic mass is 16.5. The number of benzene rings is 2. The summed E-state index contributed by atoms with van der Waals surface area (Å²) in [6.07, 6.45) is 1.91. The Morgan fingerprint density at radius 3 is 2.32 bits per heavy atom. The quantitative estimate of drug-likeness (QED) is 0.851. The van der Waals surface area contributed by atoms with Crippen molar-refractivity contribution in [1.29, 1.82) is 0 Å². The van der Waals surface area contributed by atoms with Gasteiger partial charge in [-0.2, -0.15) is 0 Å². The van der Waals surface area contributed by atoms with Crippen LogP contribution in [0.5, 0.6) is 17.2 Å². The van der Waals surface area contributed by atoms with Gasteiger partial charge in [0.1, 0.15) is 5.75 Å². The molecule has 1 aliphatic heterocycles. The lowest BCUT2D eigenvalue weighted by molar-refractivity contribution is 0.0972. The normalized spacial score (nSPS) is 16.2. The van der Waals surface area contributed by atoms with Crippen LogP contribution in [-0.2, 0) is 6.42 Å². The van der Waals surface area contributed by atoms with Crippen LogP contribution in [0.25, 0.3) is 0 Å². The van der Waals surface area contributed by atoms with Crippen molar-refractivity contribution >= 4 is 11.6 Å². The Balaban J connectivity index is 2.09. The first-order valence-electron chi connectivity index (χ1n) is 8.32. The van der Waals surface area contributed by atoms with Gasteiger partial charge in [0.2, 0.25) is 0 Å². The van der Waals surface area contributed by atoms with Crippen molar-refractivity contribution in [2.24, 2.45) is 0 Å². The van der Waals surface area contributed by atoms with Crippen LogP contribution >= 0.6 is 0 Å². The average molecular weight is 341 g/mol. The first-order chi connectivity index (χ1) is 12.1. The van der Waals surface area contributed by atoms with E-state index in [1.54, 1.807) is 33.5 Å². The number of amides is 1. The summed E-state index contributed by atoms with van der Waals surface area (Å²) in [6, 6.07) is 11.5. The van der Waals surface area contributed by atoms with Gasteiger partial charge in [-0.25, -0.2) is 0 Å². The lowest BCUT2D eigenvalue weighted by Gasteiger charge is -2.35. The Hall–Kier alpha value is -2.69. The summed E-state index contributed by atoms with van der Waals surface area (Å²) in [5.74, 6) is 1.41. The number of ether oxygens (including phenoxy) is 3. The minimum absolute atomic E-state index is 0.0996. The molecular formula is C20H23NO4. The summed E-state index contributed by atoms with van der Waals surface area (Å²) in [7, 11) is 4.66. The molecule has 0 fully saturated rings. The van der Waals surface area contributed by atoms with E-state index in [0.29, 0.717) is 22.8 Å². The summed E-state index contributed by atoms with van der Waals surface area (Å²) < 4.78 is 16.1. The zero-order chi connectivity index (χ0) is 18.0. The fraction of sp³-hybridized carbons (Fsp3) is 0.350. The molecule has 25 heavy (non-hydrogen) atoms. The van der Waals surface area contributed by atoms with Crippen LogP contribution in [-0.4, -0.2) is 33.3 Å². The fourth-order valence-electron chi connectivity index (χ4n) is 3.32. The summed E-state index contributed by atoms with van der Waals surface area (Å²) in [5, 5.41) is 0. The van der Waals surface area contributed by atoms with Crippen LogP contribution in [0, 0.1) is 0 Å². The maximum Gasteiger partial charge on any atom is 0.262 e. The average Bonchev–Trinajstić information content (AvgIpc) is 2.66. The van der Waals surface area contributed by atoms with E-state index in [1.807, 2.05) is 23.1 Å². The highest BCUT2D eigenvalue weighted by Crippen LogP contribution is 2.38. The number of rotatable bonds is 4. The van der Waals surface area contributed by atoms with Crippen molar-refractivity contribution in [2.75, 3.05) is 26.2 Å². The zero-order valence-electron chi connectivity index (χ0n) is 15.0. The maximum atomic E-state index is 13.4. The molecule has 0 N–H and O–H groups in total. The van der Waals surface area contributed by atoms with Crippen molar-refractivity contribution in [3.63, 3.8) is 0 Å². The van der Waals surface area contributed by atoms with Gasteiger partial charge in [0.15, 0.2) is 11.5 Å². The third-order valence-electron chi connectivity index (χ3n) is 4.68. The second kappa shape index (κ2) is 7.05. The molecule has 2 aromatic carbocycles. The molecule has 5 heteroatoms. The fourth-order valence-corrected chi connectivity index (χ4v) is 3.32. The molecule has 0 spiro atoms. The monoisotopic (exact) mass is 341 g/mol. The number of anilines is 1. The largest absolute Gasteiger partial charge is 0.496 e. The Kier molecular flexibility index (Phi) is 4.83. The van der Waals surface area contributed by atoms with E-state index in [-0.39, 0.29) is 11.9 Å². The van der Waals surface area contributed by atoms with Gasteiger partial charge >= 0.3 is 0 Å². The van der Waals surface area contributed by atoms with Gasteiger partial charge in [0.05, 0.1) is 26.9 Å². The number of carbonyl (C=O) groups is 1. The second-order valence-corrected chi connectivity index (χ2v) is 6.10. The smallest absolute Gasteiger partial charge is 0.262 e. The van der Waals surface area contributed by atoms with Gasteiger partial charge in [-0.05, 0) is 31.4 Å². The third-order valence-corrected chi connectivity index (χ3v) is 4.68. The molecule has 1 amide bonds. The molecule has 0 saturated carbocycles. The summed E-state index contributed by atoms with van der Waals surface area (Å²) in [4.78, 5) is 15.2. The van der Waals surface area contributed by atoms with E-state index in [9.17, 15) is 4.79 Å². The number of hydrogen-bond acceptors (Lipinski definition) is 4. The van der Waals surface area contributed by atoms with Crippen molar-refractivity contribution < 1.29 is 19.0 Å². The van der Waals surface area contributed by atoms with Gasteiger partial charge in [-0.15, -0.1) is 0 Å². The predicted molar refractivity (Wildman–Crippen MR) is 97.1 cm³/mol. The minimum Gasteiger partial charge on any atom is -0.496 e. The van der Waals surface area contributed by atoms with Crippen molar-refractivity contribution in [3.8, 4) is 17.2 Å². The number of aryl methyl sites for hydroxylation is 1. The number of methoxy groups -OCH3 is 3. The van der Waals surface area contributed by atoms with E-state index in [0.717, 1.165) is 18.5 Å². The van der Waals surface area contributed by atoms with E-state index < -0.39 is 0 Å². The molecule has 0 bridgehead atoms. The first kappa shape index (κ1) is 17.1. The Labute approximate surface area is 148 Å². The first-order valence-corrected chi connectivity index (χ1v) is 8.32. The van der Waals surface area contributed by atoms with E-state index in [4.69, 9.17) is 14.2 Å². The summed E-state index contributed by atoms with van der Waals surface area (Å²) in [6.45, 7) is 2.07. The number of fused-ring (bicyclic) bond motifs is 1. The highest BCUT2D eigenvalue weighted by Gasteiger charge is 2.31. The molecule has 1 aliphatic rings. The lowest BCUT2D eigenvalue weighted by Crippen LogP contribution is -2.42. The molecule has 5 nitrogen and oxygen atoms in total. The van der Waals surface area contributed by atoms with Crippen molar-refractivity contribution in [2.45, 2.75) is 25.8 Å². The molecule has 0 radical (unpaired) electrons. The number of hydrogen-bond donors (Lipinski definition) is 0. The van der Waals surface area contributed by atoms with Crippen LogP contribution < -0.4 is 19.1 Å². The number of nitrogens with zero attached hydrogens (tertiary/aromatic N) is 1. The predicted octanol–water partition coefficient (Wildman–Crippen LogP) is 3.69. The van der Waals surface area contributed by atoms with Gasteiger partial charge in [-0.3, -0.25) is 4.79 Å². The second-order valence-electron chi connectivity index (χ2n) is 6.10. The van der Waals surface area contributed by atoms with Crippen LogP contribution in [0.3, 0.4) is 0 Å². The van der Waals surface area contributed by atoms with Crippen molar-refractivity contribution in [3.05, 3.63) is 47.5 Å². The van der Waals surface area contributed by atoms with Crippen LogP contribution in [0.1, 0.15) is 29.3 Å².